The van der Waals surface area contributed by atoms with Gasteiger partial charge in [-0.15, -0.1) is 0 Å². The highest BCUT2D eigenvalue weighted by atomic mass is 35.5. The molecule has 0 fully saturated rings. The van der Waals surface area contributed by atoms with E-state index in [2.05, 4.69) is 22.2 Å². The van der Waals surface area contributed by atoms with Crippen LogP contribution in [0.4, 0.5) is 5.82 Å². The van der Waals surface area contributed by atoms with Crippen molar-refractivity contribution in [2.45, 2.75) is 26.2 Å². The van der Waals surface area contributed by atoms with Crippen LogP contribution in [0.2, 0.25) is 5.28 Å². The van der Waals surface area contributed by atoms with Gasteiger partial charge in [0.2, 0.25) is 5.28 Å². The Morgan fingerprint density at radius 3 is 2.48 bits per heavy atom. The number of unbranched alkanes of at least 4 members (excludes halogenated alkanes) is 2. The molecule has 1 aromatic carbocycles. The predicted molar refractivity (Wildman–Crippen MR) is 85.7 cm³/mol. The van der Waals surface area contributed by atoms with Crippen LogP contribution in [0.1, 0.15) is 26.2 Å². The van der Waals surface area contributed by atoms with Crippen LogP contribution in [-0.4, -0.2) is 30.7 Å². The van der Waals surface area contributed by atoms with Crippen molar-refractivity contribution in [1.29, 1.82) is 0 Å². The molecule has 0 spiro atoms. The summed E-state index contributed by atoms with van der Waals surface area (Å²) in [6.07, 6.45) is 3.45. The minimum Gasteiger partial charge on any atom is -0.493 e. The second-order valence-corrected chi connectivity index (χ2v) is 5.04. The van der Waals surface area contributed by atoms with Crippen molar-refractivity contribution < 1.29 is 9.47 Å². The van der Waals surface area contributed by atoms with Gasteiger partial charge in [0.15, 0.2) is 11.5 Å². The van der Waals surface area contributed by atoms with Crippen LogP contribution in [0.25, 0.3) is 10.9 Å². The molecule has 0 bridgehead atoms. The van der Waals surface area contributed by atoms with Gasteiger partial charge in [-0.3, -0.25) is 0 Å². The first kappa shape index (κ1) is 15.6. The Balaban J connectivity index is 2.39. The number of methoxy groups -OCH3 is 2. The van der Waals surface area contributed by atoms with E-state index in [4.69, 9.17) is 21.1 Å². The van der Waals surface area contributed by atoms with Gasteiger partial charge >= 0.3 is 0 Å². The van der Waals surface area contributed by atoms with Gasteiger partial charge in [-0.2, -0.15) is 0 Å². The topological polar surface area (TPSA) is 56.3 Å². The molecule has 0 aliphatic carbocycles. The summed E-state index contributed by atoms with van der Waals surface area (Å²) >= 11 is 6.00. The Labute approximate surface area is 129 Å². The van der Waals surface area contributed by atoms with E-state index in [0.717, 1.165) is 29.7 Å². The fourth-order valence-corrected chi connectivity index (χ4v) is 2.32. The molecule has 1 aromatic heterocycles. The van der Waals surface area contributed by atoms with Gasteiger partial charge in [-0.1, -0.05) is 19.8 Å². The summed E-state index contributed by atoms with van der Waals surface area (Å²) in [5.41, 5.74) is 0.727. The largest absolute Gasteiger partial charge is 0.493 e. The van der Waals surface area contributed by atoms with E-state index >= 15 is 0 Å². The van der Waals surface area contributed by atoms with Crippen molar-refractivity contribution in [3.8, 4) is 11.5 Å². The summed E-state index contributed by atoms with van der Waals surface area (Å²) in [5, 5.41) is 4.40. The monoisotopic (exact) mass is 309 g/mol. The van der Waals surface area contributed by atoms with E-state index in [1.54, 1.807) is 20.3 Å². The molecular formula is C15H20ClN3O2. The Hall–Kier alpha value is -1.75. The molecule has 21 heavy (non-hydrogen) atoms. The number of nitrogens with zero attached hydrogens (tertiary/aromatic N) is 2. The zero-order chi connectivity index (χ0) is 15.2. The molecule has 114 valence electrons. The first-order valence-corrected chi connectivity index (χ1v) is 7.40. The number of hydrogen-bond donors (Lipinski definition) is 1. The van der Waals surface area contributed by atoms with E-state index in [9.17, 15) is 0 Å². The minimum absolute atomic E-state index is 0.215. The molecule has 0 aliphatic rings. The fraction of sp³-hybridized carbons (Fsp3) is 0.467. The number of aromatic nitrogens is 2. The molecule has 0 atom stereocenters. The van der Waals surface area contributed by atoms with Crippen molar-refractivity contribution >= 4 is 28.3 Å². The number of ether oxygens (including phenoxy) is 2. The maximum absolute atomic E-state index is 6.00. The van der Waals surface area contributed by atoms with Crippen LogP contribution in [-0.2, 0) is 0 Å². The average Bonchev–Trinajstić information content (AvgIpc) is 2.49. The number of rotatable bonds is 7. The highest BCUT2D eigenvalue weighted by Gasteiger charge is 2.12. The average molecular weight is 310 g/mol. The summed E-state index contributed by atoms with van der Waals surface area (Å²) in [7, 11) is 3.20. The third kappa shape index (κ3) is 3.67. The molecule has 0 saturated carbocycles. The van der Waals surface area contributed by atoms with E-state index in [-0.39, 0.29) is 5.28 Å². The second kappa shape index (κ2) is 7.31. The Kier molecular flexibility index (Phi) is 5.44. The molecule has 1 N–H and O–H groups in total. The molecule has 6 heteroatoms. The van der Waals surface area contributed by atoms with Crippen LogP contribution < -0.4 is 14.8 Å². The van der Waals surface area contributed by atoms with Crippen LogP contribution in [0.5, 0.6) is 11.5 Å². The molecule has 0 aliphatic heterocycles. The molecule has 1 heterocycles. The SMILES string of the molecule is CCCCCNc1nc(Cl)nc2cc(OC)c(OC)cc12. The van der Waals surface area contributed by atoms with Crippen LogP contribution >= 0.6 is 11.6 Å². The number of anilines is 1. The molecule has 0 saturated heterocycles. The lowest BCUT2D eigenvalue weighted by molar-refractivity contribution is 0.356. The fourth-order valence-electron chi connectivity index (χ4n) is 2.14. The Morgan fingerprint density at radius 1 is 1.10 bits per heavy atom. The Bertz CT molecular complexity index is 619. The maximum Gasteiger partial charge on any atom is 0.224 e. The van der Waals surface area contributed by atoms with Gasteiger partial charge in [0.1, 0.15) is 5.82 Å². The Morgan fingerprint density at radius 2 is 1.81 bits per heavy atom. The van der Waals surface area contributed by atoms with Gasteiger partial charge in [0.05, 0.1) is 19.7 Å². The molecule has 2 aromatic rings. The van der Waals surface area contributed by atoms with E-state index in [0.29, 0.717) is 11.5 Å². The van der Waals surface area contributed by atoms with Crippen molar-refractivity contribution in [3.05, 3.63) is 17.4 Å². The standard InChI is InChI=1S/C15H20ClN3O2/c1-4-5-6-7-17-14-10-8-12(20-2)13(21-3)9-11(10)18-15(16)19-14/h8-9H,4-7H2,1-3H3,(H,17,18,19). The lowest BCUT2D eigenvalue weighted by atomic mass is 10.2. The molecule has 0 amide bonds. The van der Waals surface area contributed by atoms with E-state index in [1.165, 1.54) is 12.8 Å². The summed E-state index contributed by atoms with van der Waals surface area (Å²) in [6.45, 7) is 3.03. The molecular weight excluding hydrogens is 290 g/mol. The van der Waals surface area contributed by atoms with Crippen molar-refractivity contribution in [1.82, 2.24) is 9.97 Å². The first-order valence-electron chi connectivity index (χ1n) is 7.02. The normalized spacial score (nSPS) is 10.7. The quantitative estimate of drug-likeness (QED) is 0.621. The second-order valence-electron chi connectivity index (χ2n) is 4.70. The molecule has 5 nitrogen and oxygen atoms in total. The van der Waals surface area contributed by atoms with Gasteiger partial charge in [0, 0.05) is 18.0 Å². The maximum atomic E-state index is 6.00. The lowest BCUT2D eigenvalue weighted by Crippen LogP contribution is -2.05. The zero-order valence-electron chi connectivity index (χ0n) is 12.6. The lowest BCUT2D eigenvalue weighted by Gasteiger charge is -2.12. The molecule has 2 rings (SSSR count). The van der Waals surface area contributed by atoms with Gasteiger partial charge < -0.3 is 14.8 Å². The highest BCUT2D eigenvalue weighted by Crippen LogP contribution is 2.34. The van der Waals surface area contributed by atoms with Crippen molar-refractivity contribution in [2.75, 3.05) is 26.1 Å². The van der Waals surface area contributed by atoms with Crippen molar-refractivity contribution in [2.24, 2.45) is 0 Å². The number of benzene rings is 1. The third-order valence-corrected chi connectivity index (χ3v) is 3.42. The molecule has 0 radical (unpaired) electrons. The van der Waals surface area contributed by atoms with Gasteiger partial charge in [-0.05, 0) is 24.1 Å². The van der Waals surface area contributed by atoms with Crippen LogP contribution in [0.15, 0.2) is 12.1 Å². The van der Waals surface area contributed by atoms with Crippen molar-refractivity contribution in [3.63, 3.8) is 0 Å². The van der Waals surface area contributed by atoms with E-state index in [1.807, 2.05) is 6.07 Å². The summed E-state index contributed by atoms with van der Waals surface area (Å²) in [5.74, 6) is 1.99. The molecule has 0 unspecified atom stereocenters. The number of nitrogens with one attached hydrogen (secondary N) is 1. The third-order valence-electron chi connectivity index (χ3n) is 3.25. The minimum atomic E-state index is 0.215. The number of hydrogen-bond acceptors (Lipinski definition) is 5. The summed E-state index contributed by atoms with van der Waals surface area (Å²) in [4.78, 5) is 8.52. The number of halogens is 1. The predicted octanol–water partition coefficient (Wildman–Crippen LogP) is 3.90. The number of fused-ring (bicyclic) bond motifs is 1. The first-order chi connectivity index (χ1) is 10.2. The summed E-state index contributed by atoms with van der Waals surface area (Å²) in [6, 6.07) is 3.67. The summed E-state index contributed by atoms with van der Waals surface area (Å²) < 4.78 is 10.6. The van der Waals surface area contributed by atoms with Crippen LogP contribution in [0, 0.1) is 0 Å². The van der Waals surface area contributed by atoms with E-state index < -0.39 is 0 Å². The van der Waals surface area contributed by atoms with Crippen LogP contribution in [0.3, 0.4) is 0 Å². The zero-order valence-corrected chi connectivity index (χ0v) is 13.3. The van der Waals surface area contributed by atoms with Gasteiger partial charge in [-0.25, -0.2) is 9.97 Å². The highest BCUT2D eigenvalue weighted by molar-refractivity contribution is 6.28. The smallest absolute Gasteiger partial charge is 0.224 e. The van der Waals surface area contributed by atoms with Gasteiger partial charge in [0.25, 0.3) is 0 Å².